The summed E-state index contributed by atoms with van der Waals surface area (Å²) in [5.74, 6) is 0.0490. The Bertz CT molecular complexity index is 669. The SMILES string of the molecule is CC(C)(Cc1cccc(Cl)c1)C(=O)NCCc1ccc(N)cc1.Cl. The van der Waals surface area contributed by atoms with Crippen molar-refractivity contribution in [3.05, 3.63) is 64.7 Å². The van der Waals surface area contributed by atoms with Crippen molar-refractivity contribution in [2.75, 3.05) is 12.3 Å². The molecule has 0 heterocycles. The standard InChI is InChI=1S/C19H23ClN2O.ClH/c1-19(2,13-15-4-3-5-16(20)12-15)18(23)22-11-10-14-6-8-17(21)9-7-14;/h3-9,12H,10-11,13,21H2,1-2H3,(H,22,23);1H. The molecule has 1 amide bonds. The lowest BCUT2D eigenvalue weighted by Gasteiger charge is -2.24. The van der Waals surface area contributed by atoms with Crippen molar-refractivity contribution in [3.63, 3.8) is 0 Å². The lowest BCUT2D eigenvalue weighted by Crippen LogP contribution is -2.39. The van der Waals surface area contributed by atoms with E-state index in [1.807, 2.05) is 62.4 Å². The third-order valence-corrected chi connectivity index (χ3v) is 4.06. The maximum absolute atomic E-state index is 12.4. The molecule has 3 nitrogen and oxygen atoms in total. The van der Waals surface area contributed by atoms with Gasteiger partial charge in [0.25, 0.3) is 0 Å². The van der Waals surface area contributed by atoms with Crippen LogP contribution >= 0.6 is 24.0 Å². The Balaban J connectivity index is 0.00000288. The van der Waals surface area contributed by atoms with Crippen molar-refractivity contribution in [3.8, 4) is 0 Å². The van der Waals surface area contributed by atoms with E-state index < -0.39 is 5.41 Å². The molecule has 0 aromatic heterocycles. The van der Waals surface area contributed by atoms with E-state index >= 15 is 0 Å². The highest BCUT2D eigenvalue weighted by molar-refractivity contribution is 6.30. The molecule has 130 valence electrons. The number of amides is 1. The summed E-state index contributed by atoms with van der Waals surface area (Å²) in [5.41, 5.74) is 8.16. The van der Waals surface area contributed by atoms with E-state index in [0.717, 1.165) is 23.2 Å². The minimum absolute atomic E-state index is 0. The smallest absolute Gasteiger partial charge is 0.226 e. The van der Waals surface area contributed by atoms with Crippen molar-refractivity contribution in [2.24, 2.45) is 5.41 Å². The molecule has 0 aliphatic carbocycles. The normalized spacial score (nSPS) is 10.8. The maximum Gasteiger partial charge on any atom is 0.226 e. The van der Waals surface area contributed by atoms with Crippen LogP contribution in [-0.4, -0.2) is 12.5 Å². The Kier molecular flexibility index (Phi) is 7.59. The van der Waals surface area contributed by atoms with Crippen LogP contribution in [0, 0.1) is 5.41 Å². The average Bonchev–Trinajstić information content (AvgIpc) is 2.48. The molecule has 0 saturated heterocycles. The number of carbonyl (C=O) groups excluding carboxylic acids is 1. The summed E-state index contributed by atoms with van der Waals surface area (Å²) in [6.45, 7) is 4.51. The molecule has 0 spiro atoms. The zero-order valence-corrected chi connectivity index (χ0v) is 15.6. The number of benzene rings is 2. The van der Waals surface area contributed by atoms with Gasteiger partial charge in [0, 0.05) is 22.7 Å². The van der Waals surface area contributed by atoms with Crippen LogP contribution in [0.3, 0.4) is 0 Å². The number of rotatable bonds is 6. The van der Waals surface area contributed by atoms with Gasteiger partial charge >= 0.3 is 0 Å². The second-order valence-corrected chi connectivity index (χ2v) is 6.87. The Morgan fingerprint density at radius 2 is 1.79 bits per heavy atom. The number of nitrogen functional groups attached to an aromatic ring is 1. The summed E-state index contributed by atoms with van der Waals surface area (Å²) < 4.78 is 0. The Morgan fingerprint density at radius 3 is 2.42 bits per heavy atom. The van der Waals surface area contributed by atoms with Crippen LogP contribution in [0.4, 0.5) is 5.69 Å². The number of carbonyl (C=O) groups is 1. The monoisotopic (exact) mass is 366 g/mol. The van der Waals surface area contributed by atoms with Gasteiger partial charge in [-0.25, -0.2) is 0 Å². The lowest BCUT2D eigenvalue weighted by atomic mass is 9.85. The largest absolute Gasteiger partial charge is 0.399 e. The van der Waals surface area contributed by atoms with E-state index in [1.165, 1.54) is 0 Å². The molecule has 0 aliphatic heterocycles. The average molecular weight is 367 g/mol. The summed E-state index contributed by atoms with van der Waals surface area (Å²) in [5, 5.41) is 3.71. The molecule has 24 heavy (non-hydrogen) atoms. The zero-order chi connectivity index (χ0) is 16.9. The topological polar surface area (TPSA) is 55.1 Å². The first-order chi connectivity index (χ1) is 10.9. The first kappa shape index (κ1) is 20.3. The third-order valence-electron chi connectivity index (χ3n) is 3.83. The highest BCUT2D eigenvalue weighted by atomic mass is 35.5. The van der Waals surface area contributed by atoms with E-state index in [1.54, 1.807) is 0 Å². The van der Waals surface area contributed by atoms with Gasteiger partial charge in [0.2, 0.25) is 5.91 Å². The molecule has 0 aliphatic rings. The van der Waals surface area contributed by atoms with Gasteiger partial charge in [-0.15, -0.1) is 12.4 Å². The number of hydrogen-bond donors (Lipinski definition) is 2. The number of anilines is 1. The van der Waals surface area contributed by atoms with Crippen molar-refractivity contribution < 1.29 is 4.79 Å². The highest BCUT2D eigenvalue weighted by Gasteiger charge is 2.27. The number of nitrogens with one attached hydrogen (secondary N) is 1. The molecule has 2 aromatic carbocycles. The van der Waals surface area contributed by atoms with Crippen molar-refractivity contribution in [1.82, 2.24) is 5.32 Å². The molecular weight excluding hydrogens is 343 g/mol. The van der Waals surface area contributed by atoms with Crippen LogP contribution in [0.2, 0.25) is 5.02 Å². The lowest BCUT2D eigenvalue weighted by molar-refractivity contribution is -0.129. The van der Waals surface area contributed by atoms with Gasteiger partial charge in [0.05, 0.1) is 0 Å². The highest BCUT2D eigenvalue weighted by Crippen LogP contribution is 2.23. The van der Waals surface area contributed by atoms with Crippen LogP contribution in [0.15, 0.2) is 48.5 Å². The first-order valence-electron chi connectivity index (χ1n) is 7.74. The molecule has 0 radical (unpaired) electrons. The van der Waals surface area contributed by atoms with Crippen LogP contribution in [-0.2, 0) is 17.6 Å². The van der Waals surface area contributed by atoms with E-state index in [-0.39, 0.29) is 18.3 Å². The van der Waals surface area contributed by atoms with E-state index in [9.17, 15) is 4.79 Å². The van der Waals surface area contributed by atoms with Gasteiger partial charge in [-0.2, -0.15) is 0 Å². The van der Waals surface area contributed by atoms with E-state index in [0.29, 0.717) is 18.0 Å². The fraction of sp³-hybridized carbons (Fsp3) is 0.316. The summed E-state index contributed by atoms with van der Waals surface area (Å²) in [4.78, 5) is 12.4. The van der Waals surface area contributed by atoms with Crippen molar-refractivity contribution in [1.29, 1.82) is 0 Å². The van der Waals surface area contributed by atoms with Crippen LogP contribution < -0.4 is 11.1 Å². The van der Waals surface area contributed by atoms with Gasteiger partial charge < -0.3 is 11.1 Å². The molecule has 2 aromatic rings. The molecule has 0 fully saturated rings. The predicted molar refractivity (Wildman–Crippen MR) is 104 cm³/mol. The van der Waals surface area contributed by atoms with Gasteiger partial charge in [0.1, 0.15) is 0 Å². The number of nitrogens with two attached hydrogens (primary N) is 1. The van der Waals surface area contributed by atoms with Crippen molar-refractivity contribution >= 4 is 35.6 Å². The minimum Gasteiger partial charge on any atom is -0.399 e. The molecule has 3 N–H and O–H groups in total. The molecule has 0 bridgehead atoms. The summed E-state index contributed by atoms with van der Waals surface area (Å²) in [7, 11) is 0. The van der Waals surface area contributed by atoms with Crippen LogP contribution in [0.5, 0.6) is 0 Å². The molecule has 0 unspecified atom stereocenters. The first-order valence-corrected chi connectivity index (χ1v) is 8.12. The second-order valence-electron chi connectivity index (χ2n) is 6.44. The van der Waals surface area contributed by atoms with Crippen LogP contribution in [0.1, 0.15) is 25.0 Å². The zero-order valence-electron chi connectivity index (χ0n) is 14.0. The summed E-state index contributed by atoms with van der Waals surface area (Å²) >= 11 is 6.01. The molecule has 0 saturated carbocycles. The van der Waals surface area contributed by atoms with E-state index in [4.69, 9.17) is 17.3 Å². The van der Waals surface area contributed by atoms with Gasteiger partial charge in [-0.3, -0.25) is 4.79 Å². The quantitative estimate of drug-likeness (QED) is 0.749. The Hall–Kier alpha value is -1.71. The van der Waals surface area contributed by atoms with Crippen LogP contribution in [0.25, 0.3) is 0 Å². The molecule has 5 heteroatoms. The Labute approximate surface area is 155 Å². The van der Waals surface area contributed by atoms with E-state index in [2.05, 4.69) is 5.32 Å². The molecule has 2 rings (SSSR count). The maximum atomic E-state index is 12.4. The third kappa shape index (κ3) is 6.06. The molecular formula is C19H24Cl2N2O. The molecule has 0 atom stereocenters. The summed E-state index contributed by atoms with van der Waals surface area (Å²) in [6.07, 6.45) is 1.44. The van der Waals surface area contributed by atoms with Gasteiger partial charge in [-0.1, -0.05) is 49.7 Å². The second kappa shape index (κ2) is 8.95. The van der Waals surface area contributed by atoms with Gasteiger partial charge in [0.15, 0.2) is 0 Å². The summed E-state index contributed by atoms with van der Waals surface area (Å²) in [6, 6.07) is 15.4. The van der Waals surface area contributed by atoms with Gasteiger partial charge in [-0.05, 0) is 48.2 Å². The Morgan fingerprint density at radius 1 is 1.12 bits per heavy atom. The number of halogens is 2. The number of hydrogen-bond acceptors (Lipinski definition) is 2. The minimum atomic E-state index is -0.480. The fourth-order valence-corrected chi connectivity index (χ4v) is 2.69. The fourth-order valence-electron chi connectivity index (χ4n) is 2.48. The predicted octanol–water partition coefficient (Wildman–Crippen LogP) is 4.27. The van der Waals surface area contributed by atoms with Crippen molar-refractivity contribution in [2.45, 2.75) is 26.7 Å².